The lowest BCUT2D eigenvalue weighted by atomic mass is 9.91. The van der Waals surface area contributed by atoms with Crippen LogP contribution in [0.15, 0.2) is 42.5 Å². The van der Waals surface area contributed by atoms with E-state index >= 15 is 0 Å². The summed E-state index contributed by atoms with van der Waals surface area (Å²) in [6.45, 7) is 1.53. The number of likely N-dealkylation sites (tertiary alicyclic amines) is 1. The summed E-state index contributed by atoms with van der Waals surface area (Å²) >= 11 is 12.8. The summed E-state index contributed by atoms with van der Waals surface area (Å²) in [6.07, 6.45) is 9.99. The average Bonchev–Trinajstić information content (AvgIpc) is 3.21. The van der Waals surface area contributed by atoms with E-state index in [1.807, 2.05) is 15.6 Å². The van der Waals surface area contributed by atoms with Gasteiger partial charge in [0, 0.05) is 23.7 Å². The van der Waals surface area contributed by atoms with Gasteiger partial charge in [0.25, 0.3) is 5.91 Å². The van der Waals surface area contributed by atoms with Crippen molar-refractivity contribution in [3.63, 3.8) is 0 Å². The second-order valence-corrected chi connectivity index (χ2v) is 10.2. The van der Waals surface area contributed by atoms with Crippen LogP contribution in [0.5, 0.6) is 0 Å². The molecule has 1 amide bonds. The van der Waals surface area contributed by atoms with Crippen LogP contribution in [0.4, 0.5) is 4.39 Å². The van der Waals surface area contributed by atoms with Crippen LogP contribution in [0, 0.1) is 5.82 Å². The Balaban J connectivity index is 1.71. The van der Waals surface area contributed by atoms with E-state index in [9.17, 15) is 9.18 Å². The van der Waals surface area contributed by atoms with Gasteiger partial charge in [0.05, 0.1) is 16.4 Å². The lowest BCUT2D eigenvalue weighted by Gasteiger charge is -2.26. The lowest BCUT2D eigenvalue weighted by Crippen LogP contribution is -2.36. The van der Waals surface area contributed by atoms with E-state index in [0.29, 0.717) is 21.4 Å². The van der Waals surface area contributed by atoms with Crippen LogP contribution in [-0.4, -0.2) is 33.7 Å². The molecule has 1 aliphatic heterocycles. The summed E-state index contributed by atoms with van der Waals surface area (Å²) in [5.41, 5.74) is 5.07. The Bertz CT molecular complexity index is 1260. The van der Waals surface area contributed by atoms with Crippen molar-refractivity contribution in [3.8, 4) is 5.69 Å². The predicted molar refractivity (Wildman–Crippen MR) is 140 cm³/mol. The number of rotatable bonds is 3. The quantitative estimate of drug-likeness (QED) is 0.363. The Labute approximate surface area is 215 Å². The lowest BCUT2D eigenvalue weighted by molar-refractivity contribution is 0.0716. The number of amides is 1. The predicted octanol–water partition coefficient (Wildman–Crippen LogP) is 7.60. The summed E-state index contributed by atoms with van der Waals surface area (Å²) in [7, 11) is 0. The molecule has 0 unspecified atom stereocenters. The number of hydrogen-bond acceptors (Lipinski definition) is 2. The van der Waals surface area contributed by atoms with Crippen LogP contribution in [0.1, 0.15) is 72.3 Å². The van der Waals surface area contributed by atoms with Gasteiger partial charge in [-0.25, -0.2) is 9.07 Å². The molecule has 4 nitrogen and oxygen atoms in total. The van der Waals surface area contributed by atoms with Gasteiger partial charge in [0.1, 0.15) is 5.82 Å². The highest BCUT2D eigenvalue weighted by molar-refractivity contribution is 6.35. The van der Waals surface area contributed by atoms with Crippen LogP contribution < -0.4 is 0 Å². The van der Waals surface area contributed by atoms with Gasteiger partial charge in [-0.2, -0.15) is 5.10 Å². The van der Waals surface area contributed by atoms with Crippen molar-refractivity contribution in [2.45, 2.75) is 51.4 Å². The molecule has 1 aliphatic carbocycles. The SMILES string of the molecule is O=C(c1nn(-c2ccc(Cl)cc2Cl)c2c1CCCCCC2=Cc1ccc(F)cc1)N1CCCCC1. The third-order valence-corrected chi connectivity index (χ3v) is 7.39. The molecule has 0 bridgehead atoms. The number of nitrogens with zero attached hydrogens (tertiary/aromatic N) is 3. The van der Waals surface area contributed by atoms with Crippen molar-refractivity contribution < 1.29 is 9.18 Å². The average molecular weight is 512 g/mol. The van der Waals surface area contributed by atoms with E-state index < -0.39 is 0 Å². The molecule has 3 aromatic rings. The monoisotopic (exact) mass is 511 g/mol. The van der Waals surface area contributed by atoms with Gasteiger partial charge in [-0.3, -0.25) is 4.79 Å². The molecule has 5 rings (SSSR count). The third kappa shape index (κ3) is 5.17. The molecule has 0 N–H and O–H groups in total. The van der Waals surface area contributed by atoms with Crippen molar-refractivity contribution in [1.82, 2.24) is 14.7 Å². The summed E-state index contributed by atoms with van der Waals surface area (Å²) in [5.74, 6) is -0.274. The van der Waals surface area contributed by atoms with Crippen molar-refractivity contribution in [1.29, 1.82) is 0 Å². The van der Waals surface area contributed by atoms with Crippen molar-refractivity contribution >= 4 is 40.8 Å². The Kier molecular flexibility index (Phi) is 7.26. The maximum absolute atomic E-state index is 13.7. The van der Waals surface area contributed by atoms with Crippen LogP contribution in [0.25, 0.3) is 17.3 Å². The molecule has 0 radical (unpaired) electrons. The molecule has 2 aliphatic rings. The third-order valence-electron chi connectivity index (χ3n) is 6.86. The number of aromatic nitrogens is 2. The Morgan fingerprint density at radius 1 is 0.914 bits per heavy atom. The van der Waals surface area contributed by atoms with Gasteiger partial charge in [-0.15, -0.1) is 0 Å². The molecule has 0 spiro atoms. The van der Waals surface area contributed by atoms with E-state index in [0.717, 1.165) is 86.9 Å². The summed E-state index contributed by atoms with van der Waals surface area (Å²) in [5, 5.41) is 5.93. The fourth-order valence-corrected chi connectivity index (χ4v) is 5.56. The highest BCUT2D eigenvalue weighted by Gasteiger charge is 2.30. The van der Waals surface area contributed by atoms with Gasteiger partial charge >= 0.3 is 0 Å². The Morgan fingerprint density at radius 2 is 1.63 bits per heavy atom. The maximum Gasteiger partial charge on any atom is 0.274 e. The van der Waals surface area contributed by atoms with E-state index in [1.54, 1.807) is 24.3 Å². The molecule has 0 atom stereocenters. The first kappa shape index (κ1) is 24.1. The zero-order valence-electron chi connectivity index (χ0n) is 19.6. The van der Waals surface area contributed by atoms with Gasteiger partial charge in [0.2, 0.25) is 0 Å². The fourth-order valence-electron chi connectivity index (χ4n) is 5.08. The molecule has 0 saturated carbocycles. The van der Waals surface area contributed by atoms with E-state index in [1.165, 1.54) is 12.1 Å². The van der Waals surface area contributed by atoms with E-state index in [2.05, 4.69) is 6.08 Å². The van der Waals surface area contributed by atoms with Crippen LogP contribution in [0.2, 0.25) is 10.0 Å². The number of fused-ring (bicyclic) bond motifs is 1. The van der Waals surface area contributed by atoms with Crippen LogP contribution in [0.3, 0.4) is 0 Å². The maximum atomic E-state index is 13.7. The largest absolute Gasteiger partial charge is 0.337 e. The van der Waals surface area contributed by atoms with Gasteiger partial charge in [0.15, 0.2) is 5.69 Å². The molecule has 2 heterocycles. The molecule has 1 aromatic heterocycles. The smallest absolute Gasteiger partial charge is 0.274 e. The molecule has 35 heavy (non-hydrogen) atoms. The van der Waals surface area contributed by atoms with E-state index in [4.69, 9.17) is 28.3 Å². The first-order chi connectivity index (χ1) is 17.0. The molecule has 1 saturated heterocycles. The van der Waals surface area contributed by atoms with Gasteiger partial charge < -0.3 is 4.90 Å². The summed E-state index contributed by atoms with van der Waals surface area (Å²) in [6, 6.07) is 11.8. The van der Waals surface area contributed by atoms with Gasteiger partial charge in [-0.1, -0.05) is 41.8 Å². The van der Waals surface area contributed by atoms with E-state index in [-0.39, 0.29) is 11.7 Å². The molecular weight excluding hydrogens is 484 g/mol. The van der Waals surface area contributed by atoms with Crippen molar-refractivity contribution in [2.75, 3.05) is 13.1 Å². The second kappa shape index (κ2) is 10.5. The second-order valence-electron chi connectivity index (χ2n) is 9.32. The number of carbonyl (C=O) groups excluding carboxylic acids is 1. The number of halogens is 3. The van der Waals surface area contributed by atoms with Crippen molar-refractivity contribution in [3.05, 3.63) is 80.8 Å². The minimum Gasteiger partial charge on any atom is -0.337 e. The molecule has 2 aromatic carbocycles. The highest BCUT2D eigenvalue weighted by Crippen LogP contribution is 2.36. The highest BCUT2D eigenvalue weighted by atomic mass is 35.5. The number of carbonyl (C=O) groups is 1. The number of piperidine rings is 1. The van der Waals surface area contributed by atoms with Gasteiger partial charge in [-0.05, 0) is 92.5 Å². The number of benzene rings is 2. The summed E-state index contributed by atoms with van der Waals surface area (Å²) < 4.78 is 15.4. The normalized spacial score (nSPS) is 17.7. The molecule has 1 fully saturated rings. The zero-order chi connectivity index (χ0) is 24.4. The first-order valence-electron chi connectivity index (χ1n) is 12.3. The molecule has 182 valence electrons. The first-order valence-corrected chi connectivity index (χ1v) is 13.1. The number of allylic oxidation sites excluding steroid dienone is 1. The Hall–Kier alpha value is -2.63. The minimum absolute atomic E-state index is 0.00788. The molecule has 7 heteroatoms. The van der Waals surface area contributed by atoms with Crippen LogP contribution in [-0.2, 0) is 6.42 Å². The summed E-state index contributed by atoms with van der Waals surface area (Å²) in [4.78, 5) is 15.6. The zero-order valence-corrected chi connectivity index (χ0v) is 21.1. The van der Waals surface area contributed by atoms with Crippen molar-refractivity contribution in [2.24, 2.45) is 0 Å². The number of hydrogen-bond donors (Lipinski definition) is 0. The minimum atomic E-state index is -0.266. The topological polar surface area (TPSA) is 38.1 Å². The van der Waals surface area contributed by atoms with Crippen LogP contribution >= 0.6 is 23.2 Å². The standard InChI is InChI=1S/C28H28Cl2FN3O/c29-21-11-14-25(24(30)18-21)34-27-20(17-19-9-12-22(31)13-10-19)7-3-1-4-8-23(27)26(32-34)28(35)33-15-5-2-6-16-33/h9-14,17-18H,1-8,15-16H2. The Morgan fingerprint density at radius 3 is 2.37 bits per heavy atom. The molecular formula is C28H28Cl2FN3O. The fraction of sp³-hybridized carbons (Fsp3) is 0.357.